The van der Waals surface area contributed by atoms with E-state index in [1.54, 1.807) is 12.2 Å². The Bertz CT molecular complexity index is 595. The summed E-state index contributed by atoms with van der Waals surface area (Å²) in [6.07, 6.45) is 7.33. The van der Waals surface area contributed by atoms with Crippen LogP contribution in [-0.2, 0) is 19.1 Å². The Morgan fingerprint density at radius 3 is 2.29 bits per heavy atom. The molecule has 0 N–H and O–H groups in total. The summed E-state index contributed by atoms with van der Waals surface area (Å²) < 4.78 is 10.1. The number of esters is 2. The molecule has 4 heteroatoms. The molecule has 0 aliphatic rings. The number of aryl methyl sites for hydroxylation is 1. The molecule has 0 spiro atoms. The summed E-state index contributed by atoms with van der Waals surface area (Å²) in [4.78, 5) is 23.2. The SMILES string of the molecule is CCC(C)(C)C(=O)OCCOC(=O)/C=C/C=C/c1ccc(C)cc1. The summed E-state index contributed by atoms with van der Waals surface area (Å²) in [6.45, 7) is 7.73. The minimum Gasteiger partial charge on any atom is -0.462 e. The Morgan fingerprint density at radius 2 is 1.67 bits per heavy atom. The Hall–Kier alpha value is -2.36. The van der Waals surface area contributed by atoms with E-state index in [0.717, 1.165) is 5.56 Å². The summed E-state index contributed by atoms with van der Waals surface area (Å²) in [5.74, 6) is -0.744. The number of benzene rings is 1. The first-order valence-corrected chi connectivity index (χ1v) is 8.10. The van der Waals surface area contributed by atoms with Gasteiger partial charge in [0.05, 0.1) is 5.41 Å². The molecule has 0 amide bonds. The van der Waals surface area contributed by atoms with Gasteiger partial charge in [-0.25, -0.2) is 4.79 Å². The van der Waals surface area contributed by atoms with Crippen molar-refractivity contribution >= 4 is 18.0 Å². The fraction of sp³-hybridized carbons (Fsp3) is 0.400. The molecule has 0 saturated heterocycles. The predicted octanol–water partition coefficient (Wildman–Crippen LogP) is 4.09. The number of carbonyl (C=O) groups is 2. The normalized spacial score (nSPS) is 11.8. The average molecular weight is 330 g/mol. The van der Waals surface area contributed by atoms with Crippen molar-refractivity contribution in [3.8, 4) is 0 Å². The fourth-order valence-electron chi connectivity index (χ4n) is 1.64. The third kappa shape index (κ3) is 7.27. The van der Waals surface area contributed by atoms with Crippen LogP contribution in [0.1, 0.15) is 38.3 Å². The second kappa shape index (κ2) is 9.71. The fourth-order valence-corrected chi connectivity index (χ4v) is 1.64. The van der Waals surface area contributed by atoms with Crippen LogP contribution in [0, 0.1) is 12.3 Å². The van der Waals surface area contributed by atoms with Crippen LogP contribution in [0.4, 0.5) is 0 Å². The predicted molar refractivity (Wildman–Crippen MR) is 95.3 cm³/mol. The van der Waals surface area contributed by atoms with Crippen molar-refractivity contribution in [1.29, 1.82) is 0 Å². The first kappa shape index (κ1) is 19.7. The molecule has 1 aromatic rings. The Labute approximate surface area is 144 Å². The number of hydrogen-bond acceptors (Lipinski definition) is 4. The van der Waals surface area contributed by atoms with Gasteiger partial charge in [0, 0.05) is 6.08 Å². The molecule has 1 aromatic carbocycles. The Kier molecular flexibility index (Phi) is 7.96. The lowest BCUT2D eigenvalue weighted by molar-refractivity contribution is -0.157. The minimum atomic E-state index is -0.509. The van der Waals surface area contributed by atoms with Crippen molar-refractivity contribution in [2.75, 3.05) is 13.2 Å². The van der Waals surface area contributed by atoms with Crippen LogP contribution in [0.2, 0.25) is 0 Å². The maximum atomic E-state index is 11.7. The molecular formula is C20H26O4. The summed E-state index contributed by atoms with van der Waals surface area (Å²) in [5, 5.41) is 0. The van der Waals surface area contributed by atoms with Gasteiger partial charge in [0.2, 0.25) is 0 Å². The highest BCUT2D eigenvalue weighted by Crippen LogP contribution is 2.21. The van der Waals surface area contributed by atoms with Crippen molar-refractivity contribution in [3.05, 3.63) is 53.6 Å². The van der Waals surface area contributed by atoms with Gasteiger partial charge >= 0.3 is 11.9 Å². The van der Waals surface area contributed by atoms with Gasteiger partial charge < -0.3 is 9.47 Å². The number of allylic oxidation sites excluding steroid dienone is 2. The van der Waals surface area contributed by atoms with Crippen molar-refractivity contribution < 1.29 is 19.1 Å². The summed E-state index contributed by atoms with van der Waals surface area (Å²) in [7, 11) is 0. The first-order valence-electron chi connectivity index (χ1n) is 8.10. The average Bonchev–Trinajstić information content (AvgIpc) is 2.57. The van der Waals surface area contributed by atoms with Crippen molar-refractivity contribution in [2.45, 2.75) is 34.1 Å². The summed E-state index contributed by atoms with van der Waals surface area (Å²) >= 11 is 0. The lowest BCUT2D eigenvalue weighted by atomic mass is 9.91. The van der Waals surface area contributed by atoms with Gasteiger partial charge in [-0.2, -0.15) is 0 Å². The lowest BCUT2D eigenvalue weighted by Gasteiger charge is -2.20. The van der Waals surface area contributed by atoms with E-state index >= 15 is 0 Å². The Balaban J connectivity index is 2.26. The highest BCUT2D eigenvalue weighted by Gasteiger charge is 2.26. The second-order valence-corrected chi connectivity index (χ2v) is 6.17. The zero-order valence-corrected chi connectivity index (χ0v) is 14.9. The molecule has 0 aliphatic carbocycles. The van der Waals surface area contributed by atoms with E-state index < -0.39 is 11.4 Å². The van der Waals surface area contributed by atoms with E-state index in [4.69, 9.17) is 9.47 Å². The van der Waals surface area contributed by atoms with Crippen LogP contribution in [0.5, 0.6) is 0 Å². The number of carbonyl (C=O) groups excluding carboxylic acids is 2. The summed E-state index contributed by atoms with van der Waals surface area (Å²) in [6, 6.07) is 8.06. The van der Waals surface area contributed by atoms with Gasteiger partial charge in [-0.05, 0) is 32.8 Å². The standard InChI is InChI=1S/C20H26O4/c1-5-20(3,4)19(22)24-15-14-23-18(21)9-7-6-8-17-12-10-16(2)11-13-17/h6-13H,5,14-15H2,1-4H3/b8-6+,9-7+. The molecule has 0 radical (unpaired) electrons. The molecular weight excluding hydrogens is 304 g/mol. The molecule has 0 heterocycles. The van der Waals surface area contributed by atoms with Gasteiger partial charge in [0.1, 0.15) is 13.2 Å². The van der Waals surface area contributed by atoms with Gasteiger partial charge in [-0.1, -0.05) is 55.0 Å². The van der Waals surface area contributed by atoms with Crippen LogP contribution >= 0.6 is 0 Å². The van der Waals surface area contributed by atoms with E-state index in [2.05, 4.69) is 0 Å². The van der Waals surface area contributed by atoms with Crippen LogP contribution in [0.15, 0.2) is 42.5 Å². The van der Waals surface area contributed by atoms with E-state index in [1.807, 2.05) is 58.0 Å². The number of ether oxygens (including phenoxy) is 2. The van der Waals surface area contributed by atoms with Crippen molar-refractivity contribution in [2.24, 2.45) is 5.41 Å². The highest BCUT2D eigenvalue weighted by atomic mass is 16.6. The van der Waals surface area contributed by atoms with Crippen LogP contribution < -0.4 is 0 Å². The van der Waals surface area contributed by atoms with Crippen LogP contribution in [0.25, 0.3) is 6.08 Å². The van der Waals surface area contributed by atoms with Crippen molar-refractivity contribution in [3.63, 3.8) is 0 Å². The van der Waals surface area contributed by atoms with Crippen LogP contribution in [0.3, 0.4) is 0 Å². The van der Waals surface area contributed by atoms with Gasteiger partial charge in [-0.3, -0.25) is 4.79 Å². The Morgan fingerprint density at radius 1 is 1.04 bits per heavy atom. The molecule has 24 heavy (non-hydrogen) atoms. The molecule has 0 aromatic heterocycles. The van der Waals surface area contributed by atoms with Crippen molar-refractivity contribution in [1.82, 2.24) is 0 Å². The van der Waals surface area contributed by atoms with E-state index in [1.165, 1.54) is 11.6 Å². The van der Waals surface area contributed by atoms with Gasteiger partial charge in [0.15, 0.2) is 0 Å². The summed E-state index contributed by atoms with van der Waals surface area (Å²) in [5.41, 5.74) is 1.75. The molecule has 0 atom stereocenters. The monoisotopic (exact) mass is 330 g/mol. The molecule has 4 nitrogen and oxygen atoms in total. The smallest absolute Gasteiger partial charge is 0.330 e. The van der Waals surface area contributed by atoms with Gasteiger partial charge in [0.25, 0.3) is 0 Å². The molecule has 0 aliphatic heterocycles. The molecule has 0 saturated carbocycles. The van der Waals surface area contributed by atoms with Gasteiger partial charge in [-0.15, -0.1) is 0 Å². The lowest BCUT2D eigenvalue weighted by Crippen LogP contribution is -2.27. The number of hydrogen-bond donors (Lipinski definition) is 0. The largest absolute Gasteiger partial charge is 0.462 e. The third-order valence-corrected chi connectivity index (χ3v) is 3.71. The minimum absolute atomic E-state index is 0.0520. The topological polar surface area (TPSA) is 52.6 Å². The third-order valence-electron chi connectivity index (χ3n) is 3.71. The zero-order valence-electron chi connectivity index (χ0n) is 14.9. The van der Waals surface area contributed by atoms with E-state index in [-0.39, 0.29) is 19.2 Å². The highest BCUT2D eigenvalue weighted by molar-refractivity contribution is 5.82. The molecule has 0 fully saturated rings. The number of rotatable bonds is 8. The maximum Gasteiger partial charge on any atom is 0.330 e. The molecule has 130 valence electrons. The molecule has 0 unspecified atom stereocenters. The second-order valence-electron chi connectivity index (χ2n) is 6.17. The van der Waals surface area contributed by atoms with E-state index in [9.17, 15) is 9.59 Å². The first-order chi connectivity index (χ1) is 11.3. The van der Waals surface area contributed by atoms with Crippen LogP contribution in [-0.4, -0.2) is 25.2 Å². The van der Waals surface area contributed by atoms with E-state index in [0.29, 0.717) is 6.42 Å². The quantitative estimate of drug-likeness (QED) is 0.312. The molecule has 0 bridgehead atoms. The maximum absolute atomic E-state index is 11.7. The molecule has 1 rings (SSSR count). The zero-order chi connectivity index (χ0) is 18.0.